The van der Waals surface area contributed by atoms with Crippen LogP contribution in [0.25, 0.3) is 0 Å². The average Bonchev–Trinajstić information content (AvgIpc) is 2.82. The van der Waals surface area contributed by atoms with Crippen molar-refractivity contribution >= 4 is 5.78 Å². The van der Waals surface area contributed by atoms with Crippen molar-refractivity contribution in [2.45, 2.75) is 38.7 Å². The zero-order valence-corrected chi connectivity index (χ0v) is 10.4. The van der Waals surface area contributed by atoms with Crippen LogP contribution in [0.1, 0.15) is 43.0 Å². The fourth-order valence-electron chi connectivity index (χ4n) is 2.25. The molecule has 3 heteroatoms. The summed E-state index contributed by atoms with van der Waals surface area (Å²) in [5, 5.41) is 0. The van der Waals surface area contributed by atoms with Gasteiger partial charge >= 0.3 is 0 Å². The van der Waals surface area contributed by atoms with Crippen LogP contribution in [0.3, 0.4) is 0 Å². The summed E-state index contributed by atoms with van der Waals surface area (Å²) in [5.74, 6) is 1.26. The minimum absolute atomic E-state index is 0.0110. The number of Topliss-reactive ketones (excluding diaryl/α,β-unsaturated/α-hetero) is 1. The minimum Gasteiger partial charge on any atom is -0.493 e. The molecule has 0 atom stereocenters. The van der Waals surface area contributed by atoms with Crippen molar-refractivity contribution in [1.29, 1.82) is 0 Å². The lowest BCUT2D eigenvalue weighted by atomic mass is 10.1. The van der Waals surface area contributed by atoms with Crippen LogP contribution >= 0.6 is 0 Å². The normalized spacial score (nSPS) is 15.9. The molecule has 1 saturated carbocycles. The van der Waals surface area contributed by atoms with Gasteiger partial charge in [0.15, 0.2) is 17.3 Å². The van der Waals surface area contributed by atoms with Crippen molar-refractivity contribution in [3.63, 3.8) is 0 Å². The van der Waals surface area contributed by atoms with E-state index < -0.39 is 0 Å². The first kappa shape index (κ1) is 12.0. The molecule has 92 valence electrons. The Morgan fingerprint density at radius 3 is 2.59 bits per heavy atom. The van der Waals surface area contributed by atoms with E-state index in [0.717, 1.165) is 12.8 Å². The van der Waals surface area contributed by atoms with E-state index >= 15 is 0 Å². The Morgan fingerprint density at radius 1 is 1.29 bits per heavy atom. The molecule has 17 heavy (non-hydrogen) atoms. The first-order valence-corrected chi connectivity index (χ1v) is 6.07. The molecule has 3 nitrogen and oxygen atoms in total. The highest BCUT2D eigenvalue weighted by atomic mass is 16.5. The highest BCUT2D eigenvalue weighted by Gasteiger charge is 2.21. The Kier molecular flexibility index (Phi) is 3.67. The van der Waals surface area contributed by atoms with Gasteiger partial charge in [0.2, 0.25) is 0 Å². The topological polar surface area (TPSA) is 35.5 Å². The summed E-state index contributed by atoms with van der Waals surface area (Å²) in [6.45, 7) is 1.55. The van der Waals surface area contributed by atoms with Gasteiger partial charge in [0, 0.05) is 0 Å². The van der Waals surface area contributed by atoms with Crippen LogP contribution in [0.4, 0.5) is 0 Å². The number of carbonyl (C=O) groups is 1. The summed E-state index contributed by atoms with van der Waals surface area (Å²) in [4.78, 5) is 11.6. The fraction of sp³-hybridized carbons (Fsp3) is 0.500. The Morgan fingerprint density at radius 2 is 2.00 bits per heavy atom. The molecule has 1 aromatic carbocycles. The summed E-state index contributed by atoms with van der Waals surface area (Å²) < 4.78 is 11.2. The first-order chi connectivity index (χ1) is 8.22. The number of ketones is 1. The standard InChI is InChI=1S/C14H18O3/c1-10(15)12-8-5-9-13(16-2)14(12)17-11-6-3-4-7-11/h5,8-9,11H,3-4,6-7H2,1-2H3. The molecular formula is C14H18O3. The molecule has 1 aliphatic rings. The molecule has 0 aliphatic heterocycles. The second kappa shape index (κ2) is 5.21. The number of ether oxygens (including phenoxy) is 2. The monoisotopic (exact) mass is 234 g/mol. The number of benzene rings is 1. The lowest BCUT2D eigenvalue weighted by Gasteiger charge is -2.18. The van der Waals surface area contributed by atoms with E-state index in [0.29, 0.717) is 17.1 Å². The van der Waals surface area contributed by atoms with Crippen LogP contribution in [0, 0.1) is 0 Å². The number of para-hydroxylation sites is 1. The second-order valence-corrected chi connectivity index (χ2v) is 4.42. The molecule has 1 aliphatic carbocycles. The van der Waals surface area contributed by atoms with Crippen molar-refractivity contribution in [2.75, 3.05) is 7.11 Å². The SMILES string of the molecule is COc1cccc(C(C)=O)c1OC1CCCC1. The fourth-order valence-corrected chi connectivity index (χ4v) is 2.25. The lowest BCUT2D eigenvalue weighted by Crippen LogP contribution is -2.14. The molecule has 0 heterocycles. The van der Waals surface area contributed by atoms with E-state index in [4.69, 9.17) is 9.47 Å². The summed E-state index contributed by atoms with van der Waals surface area (Å²) in [7, 11) is 1.60. The molecule has 0 spiro atoms. The highest BCUT2D eigenvalue weighted by Crippen LogP contribution is 2.34. The van der Waals surface area contributed by atoms with Gasteiger partial charge in [0.25, 0.3) is 0 Å². The molecule has 0 unspecified atom stereocenters. The molecule has 0 N–H and O–H groups in total. The van der Waals surface area contributed by atoms with Gasteiger partial charge in [-0.15, -0.1) is 0 Å². The quantitative estimate of drug-likeness (QED) is 0.750. The zero-order chi connectivity index (χ0) is 12.3. The Labute approximate surface area is 102 Å². The van der Waals surface area contributed by atoms with E-state index in [9.17, 15) is 4.79 Å². The van der Waals surface area contributed by atoms with Crippen molar-refractivity contribution in [2.24, 2.45) is 0 Å². The van der Waals surface area contributed by atoms with Crippen molar-refractivity contribution in [1.82, 2.24) is 0 Å². The number of rotatable bonds is 4. The van der Waals surface area contributed by atoms with E-state index in [1.54, 1.807) is 20.1 Å². The molecule has 2 rings (SSSR count). The maximum atomic E-state index is 11.6. The van der Waals surface area contributed by atoms with Gasteiger partial charge in [-0.1, -0.05) is 6.07 Å². The van der Waals surface area contributed by atoms with Crippen molar-refractivity contribution < 1.29 is 14.3 Å². The number of methoxy groups -OCH3 is 1. The van der Waals surface area contributed by atoms with Crippen LogP contribution in [0.5, 0.6) is 11.5 Å². The average molecular weight is 234 g/mol. The van der Waals surface area contributed by atoms with Gasteiger partial charge in [0.05, 0.1) is 18.8 Å². The Bertz CT molecular complexity index is 406. The summed E-state index contributed by atoms with van der Waals surface area (Å²) in [5.41, 5.74) is 0.608. The Hall–Kier alpha value is -1.51. The molecule has 0 bridgehead atoms. The van der Waals surface area contributed by atoms with Gasteiger partial charge in [-0.3, -0.25) is 4.79 Å². The zero-order valence-electron chi connectivity index (χ0n) is 10.4. The summed E-state index contributed by atoms with van der Waals surface area (Å²) in [6, 6.07) is 5.43. The lowest BCUT2D eigenvalue weighted by molar-refractivity contribution is 0.100. The first-order valence-electron chi connectivity index (χ1n) is 6.07. The van der Waals surface area contributed by atoms with Gasteiger partial charge in [-0.25, -0.2) is 0 Å². The molecule has 0 saturated heterocycles. The second-order valence-electron chi connectivity index (χ2n) is 4.42. The molecule has 0 aromatic heterocycles. The molecule has 1 fully saturated rings. The molecule has 0 amide bonds. The smallest absolute Gasteiger partial charge is 0.172 e. The van der Waals surface area contributed by atoms with E-state index in [1.807, 2.05) is 12.1 Å². The Balaban J connectivity index is 2.30. The van der Waals surface area contributed by atoms with Crippen LogP contribution < -0.4 is 9.47 Å². The van der Waals surface area contributed by atoms with Gasteiger partial charge < -0.3 is 9.47 Å². The molecular weight excluding hydrogens is 216 g/mol. The van der Waals surface area contributed by atoms with Crippen molar-refractivity contribution in [3.05, 3.63) is 23.8 Å². The van der Waals surface area contributed by atoms with E-state index in [-0.39, 0.29) is 11.9 Å². The predicted molar refractivity (Wildman–Crippen MR) is 65.9 cm³/mol. The number of hydrogen-bond donors (Lipinski definition) is 0. The number of hydrogen-bond acceptors (Lipinski definition) is 3. The maximum Gasteiger partial charge on any atom is 0.172 e. The highest BCUT2D eigenvalue weighted by molar-refractivity contribution is 5.97. The van der Waals surface area contributed by atoms with Gasteiger partial charge in [-0.05, 0) is 44.7 Å². The predicted octanol–water partition coefficient (Wildman–Crippen LogP) is 3.22. The van der Waals surface area contributed by atoms with Gasteiger partial charge in [0.1, 0.15) is 0 Å². The number of carbonyl (C=O) groups excluding carboxylic acids is 1. The maximum absolute atomic E-state index is 11.6. The van der Waals surface area contributed by atoms with Crippen LogP contribution in [0.2, 0.25) is 0 Å². The van der Waals surface area contributed by atoms with Crippen LogP contribution in [-0.2, 0) is 0 Å². The van der Waals surface area contributed by atoms with Gasteiger partial charge in [-0.2, -0.15) is 0 Å². The van der Waals surface area contributed by atoms with E-state index in [1.165, 1.54) is 12.8 Å². The minimum atomic E-state index is 0.0110. The van der Waals surface area contributed by atoms with Crippen molar-refractivity contribution in [3.8, 4) is 11.5 Å². The summed E-state index contributed by atoms with van der Waals surface area (Å²) in [6.07, 6.45) is 4.76. The third-order valence-electron chi connectivity index (χ3n) is 3.16. The summed E-state index contributed by atoms with van der Waals surface area (Å²) >= 11 is 0. The molecule has 0 radical (unpaired) electrons. The van der Waals surface area contributed by atoms with Crippen LogP contribution in [-0.4, -0.2) is 19.0 Å². The van der Waals surface area contributed by atoms with Crippen LogP contribution in [0.15, 0.2) is 18.2 Å². The third kappa shape index (κ3) is 2.60. The largest absolute Gasteiger partial charge is 0.493 e. The molecule has 1 aromatic rings. The third-order valence-corrected chi connectivity index (χ3v) is 3.16. The van der Waals surface area contributed by atoms with E-state index in [2.05, 4.69) is 0 Å².